The molecule has 25 heavy (non-hydrogen) atoms. The van der Waals surface area contributed by atoms with Crippen LogP contribution in [0, 0.1) is 13.8 Å². The predicted molar refractivity (Wildman–Crippen MR) is 106 cm³/mol. The molecule has 0 saturated carbocycles. The molecular weight excluding hydrogens is 328 g/mol. The second-order valence-corrected chi connectivity index (χ2v) is 7.82. The number of benzene rings is 2. The number of rotatable bonds is 4. The molecule has 0 unspecified atom stereocenters. The minimum atomic E-state index is 0.0244. The van der Waals surface area contributed by atoms with Crippen molar-refractivity contribution >= 4 is 17.5 Å². The fourth-order valence-electron chi connectivity index (χ4n) is 3.61. The Labute approximate surface area is 154 Å². The summed E-state index contributed by atoms with van der Waals surface area (Å²) in [5, 5.41) is 7.20. The zero-order chi connectivity index (χ0) is 17.4. The first-order valence-electron chi connectivity index (χ1n) is 8.85. The molecule has 2 heterocycles. The molecule has 2 atom stereocenters. The van der Waals surface area contributed by atoms with Gasteiger partial charge in [-0.3, -0.25) is 5.01 Å². The number of para-hydroxylation sites is 1. The van der Waals surface area contributed by atoms with Gasteiger partial charge in [-0.2, -0.15) is 16.9 Å². The maximum Gasteiger partial charge on any atom is 0.188 e. The zero-order valence-electron chi connectivity index (χ0n) is 15.0. The molecule has 2 aromatic carbocycles. The Balaban J connectivity index is 1.69. The third-order valence-electron chi connectivity index (χ3n) is 5.19. The quantitative estimate of drug-likeness (QED) is 0.780. The third kappa shape index (κ3) is 3.04. The molecule has 130 valence electrons. The summed E-state index contributed by atoms with van der Waals surface area (Å²) in [6.45, 7) is 4.32. The van der Waals surface area contributed by atoms with E-state index in [9.17, 15) is 0 Å². The molecular formula is C21H24N2OS. The Morgan fingerprint density at radius 1 is 1.16 bits per heavy atom. The van der Waals surface area contributed by atoms with Gasteiger partial charge in [0.2, 0.25) is 0 Å². The number of thioether (sulfide) groups is 1. The van der Waals surface area contributed by atoms with E-state index in [1.54, 1.807) is 0 Å². The number of hydrogen-bond acceptors (Lipinski definition) is 4. The third-order valence-corrected chi connectivity index (χ3v) is 5.83. The van der Waals surface area contributed by atoms with Crippen LogP contribution in [0.1, 0.15) is 41.1 Å². The van der Waals surface area contributed by atoms with E-state index in [1.807, 2.05) is 11.8 Å². The van der Waals surface area contributed by atoms with E-state index in [0.29, 0.717) is 0 Å². The molecule has 0 radical (unpaired) electrons. The van der Waals surface area contributed by atoms with Crippen LogP contribution in [0.3, 0.4) is 0 Å². The molecule has 0 aliphatic carbocycles. The van der Waals surface area contributed by atoms with Crippen molar-refractivity contribution in [2.24, 2.45) is 5.10 Å². The van der Waals surface area contributed by atoms with Gasteiger partial charge in [-0.05, 0) is 54.7 Å². The fourth-order valence-corrected chi connectivity index (χ4v) is 4.05. The van der Waals surface area contributed by atoms with Crippen LogP contribution in [0.25, 0.3) is 0 Å². The Bertz CT molecular complexity index is 817. The number of nitrogens with zero attached hydrogens (tertiary/aromatic N) is 2. The maximum atomic E-state index is 6.28. The first-order chi connectivity index (χ1) is 12.2. The van der Waals surface area contributed by atoms with Crippen molar-refractivity contribution in [1.82, 2.24) is 5.01 Å². The summed E-state index contributed by atoms with van der Waals surface area (Å²) < 4.78 is 6.28. The van der Waals surface area contributed by atoms with Crippen LogP contribution < -0.4 is 4.74 Å². The van der Waals surface area contributed by atoms with E-state index in [2.05, 4.69) is 67.6 Å². The van der Waals surface area contributed by atoms with Crippen molar-refractivity contribution in [3.05, 3.63) is 64.7 Å². The van der Waals surface area contributed by atoms with E-state index >= 15 is 0 Å². The molecule has 4 rings (SSSR count). The van der Waals surface area contributed by atoms with Gasteiger partial charge in [0.25, 0.3) is 0 Å². The summed E-state index contributed by atoms with van der Waals surface area (Å²) in [7, 11) is 0. The Morgan fingerprint density at radius 3 is 2.80 bits per heavy atom. The monoisotopic (exact) mass is 352 g/mol. The highest BCUT2D eigenvalue weighted by Gasteiger charge is 2.39. The molecule has 2 aromatic rings. The van der Waals surface area contributed by atoms with E-state index < -0.39 is 0 Å². The number of aryl methyl sites for hydroxylation is 2. The average Bonchev–Trinajstić information content (AvgIpc) is 3.08. The normalized spacial score (nSPS) is 21.4. The van der Waals surface area contributed by atoms with E-state index in [1.165, 1.54) is 28.0 Å². The molecule has 2 aliphatic rings. The highest BCUT2D eigenvalue weighted by molar-refractivity contribution is 7.98. The standard InChI is InChI=1S/C21H24N2OS/c1-14-8-9-16(12-15(14)2)18-13-19-17-6-4-5-7-20(17)24-21(10-11-25-3)23(19)22-18/h4-9,12,19,21H,10-11,13H2,1-3H3/t19-,21-/m0/s1. The largest absolute Gasteiger partial charge is 0.469 e. The van der Waals surface area contributed by atoms with Gasteiger partial charge >= 0.3 is 0 Å². The number of fused-ring (bicyclic) bond motifs is 3. The molecule has 3 nitrogen and oxygen atoms in total. The summed E-state index contributed by atoms with van der Waals surface area (Å²) in [5.41, 5.74) is 6.30. The smallest absolute Gasteiger partial charge is 0.188 e. The zero-order valence-corrected chi connectivity index (χ0v) is 15.8. The molecule has 2 aliphatic heterocycles. The fraction of sp³-hybridized carbons (Fsp3) is 0.381. The highest BCUT2D eigenvalue weighted by atomic mass is 32.2. The lowest BCUT2D eigenvalue weighted by Gasteiger charge is -2.38. The average molecular weight is 353 g/mol. The van der Waals surface area contributed by atoms with Gasteiger partial charge in [0.15, 0.2) is 6.23 Å². The van der Waals surface area contributed by atoms with E-state index in [0.717, 1.165) is 24.3 Å². The predicted octanol–water partition coefficient (Wildman–Crippen LogP) is 4.93. The van der Waals surface area contributed by atoms with Crippen LogP contribution >= 0.6 is 11.8 Å². The topological polar surface area (TPSA) is 24.8 Å². The second kappa shape index (κ2) is 6.75. The molecule has 0 fully saturated rings. The Kier molecular flexibility index (Phi) is 4.46. The van der Waals surface area contributed by atoms with Crippen LogP contribution in [-0.2, 0) is 0 Å². The molecule has 0 aromatic heterocycles. The summed E-state index contributed by atoms with van der Waals surface area (Å²) >= 11 is 1.86. The van der Waals surface area contributed by atoms with Crippen LogP contribution in [0.2, 0.25) is 0 Å². The van der Waals surface area contributed by atoms with Crippen molar-refractivity contribution in [2.75, 3.05) is 12.0 Å². The van der Waals surface area contributed by atoms with E-state index in [4.69, 9.17) is 9.84 Å². The van der Waals surface area contributed by atoms with Crippen LogP contribution in [0.5, 0.6) is 5.75 Å². The lowest BCUT2D eigenvalue weighted by Crippen LogP contribution is -2.40. The van der Waals surface area contributed by atoms with Crippen LogP contribution in [0.15, 0.2) is 47.6 Å². The van der Waals surface area contributed by atoms with Gasteiger partial charge < -0.3 is 4.74 Å². The van der Waals surface area contributed by atoms with Crippen LogP contribution in [0.4, 0.5) is 0 Å². The molecule has 0 saturated heterocycles. The SMILES string of the molecule is CSCC[C@@H]1Oc2ccccc2[C@@H]2CC(c3ccc(C)c(C)c3)=NN12. The van der Waals surface area contributed by atoms with Crippen LogP contribution in [-0.4, -0.2) is 29.0 Å². The lowest BCUT2D eigenvalue weighted by atomic mass is 9.95. The van der Waals surface area contributed by atoms with Crippen molar-refractivity contribution in [3.63, 3.8) is 0 Å². The van der Waals surface area contributed by atoms with Crippen molar-refractivity contribution in [3.8, 4) is 5.75 Å². The summed E-state index contributed by atoms with van der Waals surface area (Å²) in [6.07, 6.45) is 4.09. The summed E-state index contributed by atoms with van der Waals surface area (Å²) in [6, 6.07) is 15.4. The summed E-state index contributed by atoms with van der Waals surface area (Å²) in [4.78, 5) is 0. The Hall–Kier alpha value is -1.94. The molecule has 0 amide bonds. The molecule has 0 bridgehead atoms. The first kappa shape index (κ1) is 16.5. The van der Waals surface area contributed by atoms with Gasteiger partial charge in [0.1, 0.15) is 5.75 Å². The number of hydrazone groups is 1. The molecule has 4 heteroatoms. The first-order valence-corrected chi connectivity index (χ1v) is 10.2. The minimum absolute atomic E-state index is 0.0244. The van der Waals surface area contributed by atoms with Gasteiger partial charge in [-0.15, -0.1) is 0 Å². The highest BCUT2D eigenvalue weighted by Crippen LogP contribution is 2.43. The lowest BCUT2D eigenvalue weighted by molar-refractivity contribution is -0.0180. The van der Waals surface area contributed by atoms with Crippen molar-refractivity contribution in [2.45, 2.75) is 39.0 Å². The van der Waals surface area contributed by atoms with Crippen molar-refractivity contribution in [1.29, 1.82) is 0 Å². The number of hydrogen-bond donors (Lipinski definition) is 0. The van der Waals surface area contributed by atoms with Gasteiger partial charge in [-0.25, -0.2) is 0 Å². The molecule has 0 N–H and O–H groups in total. The summed E-state index contributed by atoms with van der Waals surface area (Å²) in [5.74, 6) is 2.09. The second-order valence-electron chi connectivity index (χ2n) is 6.84. The minimum Gasteiger partial charge on any atom is -0.469 e. The van der Waals surface area contributed by atoms with Gasteiger partial charge in [0.05, 0.1) is 11.8 Å². The number of ether oxygens (including phenoxy) is 1. The molecule has 0 spiro atoms. The van der Waals surface area contributed by atoms with E-state index in [-0.39, 0.29) is 12.3 Å². The van der Waals surface area contributed by atoms with Gasteiger partial charge in [-0.1, -0.05) is 30.3 Å². The maximum absolute atomic E-state index is 6.28. The van der Waals surface area contributed by atoms with Gasteiger partial charge in [0, 0.05) is 18.4 Å². The van der Waals surface area contributed by atoms with Crippen molar-refractivity contribution < 1.29 is 4.74 Å². The Morgan fingerprint density at radius 2 is 2.00 bits per heavy atom.